The van der Waals surface area contributed by atoms with Gasteiger partial charge in [0.15, 0.2) is 0 Å². The summed E-state index contributed by atoms with van der Waals surface area (Å²) in [4.78, 5) is 46.7. The Bertz CT molecular complexity index is 798. The third kappa shape index (κ3) is 8.26. The van der Waals surface area contributed by atoms with Crippen molar-refractivity contribution in [3.05, 3.63) is 35.9 Å². The summed E-state index contributed by atoms with van der Waals surface area (Å²) in [5, 5.41) is 0.150. The molecule has 1 heterocycles. The third-order valence-corrected chi connectivity index (χ3v) is 6.87. The number of aryl methyl sites for hydroxylation is 1. The molecule has 32 heavy (non-hydrogen) atoms. The number of hydrogen-bond donors (Lipinski definition) is 0. The predicted octanol–water partition coefficient (Wildman–Crippen LogP) is 1.43. The van der Waals surface area contributed by atoms with Crippen LogP contribution in [0.4, 0.5) is 0 Å². The summed E-state index contributed by atoms with van der Waals surface area (Å²) in [6.45, 7) is 4.69. The molecule has 0 aliphatic carbocycles. The Hall–Kier alpha value is -2.42. The van der Waals surface area contributed by atoms with E-state index in [0.29, 0.717) is 0 Å². The van der Waals surface area contributed by atoms with Gasteiger partial charge in [-0.1, -0.05) is 0 Å². The SMILES string of the molecule is CC(=O)OC[C@H]1O[C@@H]([Se]CCc2ccccc2)[C@H](OC(C)=O)[C@@H](OC(C)=O)[C@@H]1OC(C)=O. The van der Waals surface area contributed by atoms with Crippen LogP contribution in [0.2, 0.25) is 5.32 Å². The van der Waals surface area contributed by atoms with E-state index < -0.39 is 53.3 Å². The zero-order chi connectivity index (χ0) is 23.7. The Balaban J connectivity index is 2.28. The quantitative estimate of drug-likeness (QED) is 0.274. The summed E-state index contributed by atoms with van der Waals surface area (Å²) in [7, 11) is 0. The molecule has 0 radical (unpaired) electrons. The van der Waals surface area contributed by atoms with E-state index in [2.05, 4.69) is 0 Å². The van der Waals surface area contributed by atoms with Crippen molar-refractivity contribution >= 4 is 38.8 Å². The van der Waals surface area contributed by atoms with E-state index in [0.717, 1.165) is 17.3 Å². The molecule has 1 saturated heterocycles. The van der Waals surface area contributed by atoms with Gasteiger partial charge in [0.1, 0.15) is 0 Å². The standard InChI is InChI=1S/C22H28O9Se/c1-13(23)27-12-18-19(28-14(2)24)20(29-15(3)25)21(30-16(4)26)22(31-18)32-11-10-17-8-6-5-7-9-17/h5-9,18-22H,10-12H2,1-4H3/t18-,19-,20+,21-,22+/m1/s1. The summed E-state index contributed by atoms with van der Waals surface area (Å²) in [6.07, 6.45) is -3.28. The van der Waals surface area contributed by atoms with Crippen molar-refractivity contribution < 1.29 is 42.9 Å². The van der Waals surface area contributed by atoms with Crippen LogP contribution in [-0.2, 0) is 49.3 Å². The van der Waals surface area contributed by atoms with Gasteiger partial charge in [0, 0.05) is 0 Å². The van der Waals surface area contributed by atoms with E-state index in [4.69, 9.17) is 23.7 Å². The fourth-order valence-electron chi connectivity index (χ4n) is 3.26. The Morgan fingerprint density at radius 1 is 0.812 bits per heavy atom. The van der Waals surface area contributed by atoms with Gasteiger partial charge in [0.05, 0.1) is 0 Å². The summed E-state index contributed by atoms with van der Waals surface area (Å²) in [5.41, 5.74) is 1.15. The van der Waals surface area contributed by atoms with Crippen LogP contribution in [0.25, 0.3) is 0 Å². The zero-order valence-corrected chi connectivity index (χ0v) is 20.2. The van der Waals surface area contributed by atoms with Crippen LogP contribution in [0.1, 0.15) is 33.3 Å². The molecule has 0 amide bonds. The fourth-order valence-corrected chi connectivity index (χ4v) is 5.79. The first kappa shape index (κ1) is 25.8. The molecule has 1 aliphatic rings. The molecule has 0 saturated carbocycles. The molecular weight excluding hydrogens is 487 g/mol. The van der Waals surface area contributed by atoms with E-state index >= 15 is 0 Å². The van der Waals surface area contributed by atoms with Gasteiger partial charge in [-0.05, 0) is 0 Å². The number of carbonyl (C=O) groups excluding carboxylic acids is 4. The number of benzene rings is 1. The van der Waals surface area contributed by atoms with E-state index in [9.17, 15) is 19.2 Å². The van der Waals surface area contributed by atoms with E-state index in [1.807, 2.05) is 30.3 Å². The molecule has 10 heteroatoms. The molecule has 5 atom stereocenters. The van der Waals surface area contributed by atoms with Crippen molar-refractivity contribution in [2.24, 2.45) is 0 Å². The number of ether oxygens (including phenoxy) is 5. The molecule has 1 aromatic carbocycles. The van der Waals surface area contributed by atoms with Crippen molar-refractivity contribution in [3.8, 4) is 0 Å². The molecular formula is C22H28O9Se. The molecule has 9 nitrogen and oxygen atoms in total. The second-order valence-corrected chi connectivity index (χ2v) is 9.70. The van der Waals surface area contributed by atoms with Gasteiger partial charge < -0.3 is 0 Å². The summed E-state index contributed by atoms with van der Waals surface area (Å²) < 4.78 is 27.5. The predicted molar refractivity (Wildman–Crippen MR) is 113 cm³/mol. The van der Waals surface area contributed by atoms with E-state index in [1.54, 1.807) is 0 Å². The van der Waals surface area contributed by atoms with Crippen LogP contribution < -0.4 is 0 Å². The van der Waals surface area contributed by atoms with Crippen LogP contribution in [0.15, 0.2) is 30.3 Å². The van der Waals surface area contributed by atoms with Gasteiger partial charge in [-0.3, -0.25) is 0 Å². The van der Waals surface area contributed by atoms with Gasteiger partial charge >= 0.3 is 193 Å². The number of hydrogen-bond acceptors (Lipinski definition) is 9. The monoisotopic (exact) mass is 516 g/mol. The van der Waals surface area contributed by atoms with Crippen molar-refractivity contribution in [2.45, 2.75) is 68.9 Å². The molecule has 1 aliphatic heterocycles. The topological polar surface area (TPSA) is 114 Å². The van der Waals surface area contributed by atoms with E-state index in [1.165, 1.54) is 27.7 Å². The fraction of sp³-hybridized carbons (Fsp3) is 0.545. The van der Waals surface area contributed by atoms with Crippen LogP contribution in [-0.4, -0.2) is 74.9 Å². The maximum atomic E-state index is 11.8. The van der Waals surface area contributed by atoms with E-state index in [-0.39, 0.29) is 21.6 Å². The van der Waals surface area contributed by atoms with Crippen molar-refractivity contribution in [2.75, 3.05) is 6.61 Å². The van der Waals surface area contributed by atoms with Gasteiger partial charge in [-0.2, -0.15) is 0 Å². The molecule has 0 N–H and O–H groups in total. The normalized spacial score (nSPS) is 24.8. The van der Waals surface area contributed by atoms with Crippen LogP contribution in [0.5, 0.6) is 0 Å². The third-order valence-electron chi connectivity index (χ3n) is 4.46. The maximum absolute atomic E-state index is 11.8. The Labute approximate surface area is 193 Å². The zero-order valence-electron chi connectivity index (χ0n) is 18.5. The Kier molecular flexibility index (Phi) is 10.2. The van der Waals surface area contributed by atoms with Crippen LogP contribution in [0.3, 0.4) is 0 Å². The van der Waals surface area contributed by atoms with Crippen molar-refractivity contribution in [1.82, 2.24) is 0 Å². The molecule has 176 valence electrons. The van der Waals surface area contributed by atoms with Gasteiger partial charge in [-0.15, -0.1) is 0 Å². The first-order valence-electron chi connectivity index (χ1n) is 10.1. The number of rotatable bonds is 9. The average molecular weight is 515 g/mol. The molecule has 0 aromatic heterocycles. The number of esters is 4. The minimum atomic E-state index is -1.11. The van der Waals surface area contributed by atoms with Crippen LogP contribution >= 0.6 is 0 Å². The van der Waals surface area contributed by atoms with Crippen LogP contribution in [0, 0.1) is 0 Å². The van der Waals surface area contributed by atoms with Gasteiger partial charge in [-0.25, -0.2) is 0 Å². The van der Waals surface area contributed by atoms with Gasteiger partial charge in [0.25, 0.3) is 0 Å². The van der Waals surface area contributed by atoms with Crippen molar-refractivity contribution in [1.29, 1.82) is 0 Å². The molecule has 0 bridgehead atoms. The second kappa shape index (κ2) is 12.6. The second-order valence-electron chi connectivity index (χ2n) is 7.17. The first-order chi connectivity index (χ1) is 15.2. The Morgan fingerprint density at radius 3 is 1.94 bits per heavy atom. The summed E-state index contributed by atoms with van der Waals surface area (Å²) in [6, 6.07) is 9.88. The molecule has 2 rings (SSSR count). The number of carbonyl (C=O) groups is 4. The molecule has 0 unspecified atom stereocenters. The summed E-state index contributed by atoms with van der Waals surface area (Å²) >= 11 is -0.204. The first-order valence-corrected chi connectivity index (χ1v) is 12.3. The summed E-state index contributed by atoms with van der Waals surface area (Å²) in [5.74, 6) is -2.39. The molecule has 0 spiro atoms. The van der Waals surface area contributed by atoms with Crippen molar-refractivity contribution in [3.63, 3.8) is 0 Å². The molecule has 1 fully saturated rings. The minimum absolute atomic E-state index is 0.204. The Morgan fingerprint density at radius 2 is 1.38 bits per heavy atom. The van der Waals surface area contributed by atoms with Gasteiger partial charge in [0.2, 0.25) is 0 Å². The average Bonchev–Trinajstić information content (AvgIpc) is 2.70. The molecule has 1 aromatic rings.